The minimum Gasteiger partial charge on any atom is -0.478 e. The molecule has 0 bridgehead atoms. The highest BCUT2D eigenvalue weighted by molar-refractivity contribution is 5.87. The summed E-state index contributed by atoms with van der Waals surface area (Å²) in [6.07, 6.45) is 12.2. The van der Waals surface area contributed by atoms with Crippen molar-refractivity contribution in [3.63, 3.8) is 0 Å². The quantitative estimate of drug-likeness (QED) is 0.645. The zero-order chi connectivity index (χ0) is 19.2. The summed E-state index contributed by atoms with van der Waals surface area (Å²) in [4.78, 5) is 11.5. The maximum Gasteiger partial charge on any atom is 0.331 e. The van der Waals surface area contributed by atoms with Crippen LogP contribution in [0.2, 0.25) is 0 Å². The first-order chi connectivity index (χ1) is 13.1. The van der Waals surface area contributed by atoms with Crippen molar-refractivity contribution in [1.29, 1.82) is 5.26 Å². The van der Waals surface area contributed by atoms with Gasteiger partial charge < -0.3 is 5.11 Å². The second-order valence-corrected chi connectivity index (χ2v) is 8.33. The summed E-state index contributed by atoms with van der Waals surface area (Å²) < 4.78 is 0. The van der Waals surface area contributed by atoms with Crippen molar-refractivity contribution < 1.29 is 9.90 Å². The van der Waals surface area contributed by atoms with Gasteiger partial charge in [0.15, 0.2) is 0 Å². The Hall–Kier alpha value is -2.08. The molecule has 1 N–H and O–H groups in total. The molecule has 1 aromatic carbocycles. The molecule has 0 spiro atoms. The monoisotopic (exact) mass is 365 g/mol. The van der Waals surface area contributed by atoms with Crippen LogP contribution in [0.1, 0.15) is 81.8 Å². The molecule has 27 heavy (non-hydrogen) atoms. The lowest BCUT2D eigenvalue weighted by molar-refractivity contribution is -0.133. The largest absolute Gasteiger partial charge is 0.478 e. The predicted molar refractivity (Wildman–Crippen MR) is 107 cm³/mol. The number of hydrogen-bond donors (Lipinski definition) is 1. The first-order valence-corrected chi connectivity index (χ1v) is 10.6. The average Bonchev–Trinajstić information content (AvgIpc) is 2.72. The van der Waals surface area contributed by atoms with Gasteiger partial charge in [-0.15, -0.1) is 0 Å². The fourth-order valence-corrected chi connectivity index (χ4v) is 5.30. The minimum absolute atomic E-state index is 0.258. The van der Waals surface area contributed by atoms with Gasteiger partial charge in [-0.3, -0.25) is 0 Å². The summed E-state index contributed by atoms with van der Waals surface area (Å²) >= 11 is 0. The van der Waals surface area contributed by atoms with Crippen LogP contribution in [0.15, 0.2) is 35.9 Å². The Morgan fingerprint density at radius 1 is 1.04 bits per heavy atom. The molecule has 2 fully saturated rings. The summed E-state index contributed by atoms with van der Waals surface area (Å²) in [6, 6.07) is 10.3. The fourth-order valence-electron chi connectivity index (χ4n) is 5.30. The van der Waals surface area contributed by atoms with E-state index in [1.807, 2.05) is 25.1 Å². The lowest BCUT2D eigenvalue weighted by Crippen LogP contribution is -2.27. The van der Waals surface area contributed by atoms with Crippen molar-refractivity contribution in [1.82, 2.24) is 0 Å². The minimum atomic E-state index is -0.719. The van der Waals surface area contributed by atoms with Gasteiger partial charge in [-0.2, -0.15) is 5.26 Å². The van der Waals surface area contributed by atoms with Gasteiger partial charge in [0.05, 0.1) is 11.6 Å². The molecule has 1 aromatic rings. The molecule has 2 aliphatic carbocycles. The Morgan fingerprint density at radius 2 is 1.59 bits per heavy atom. The Labute approximate surface area is 163 Å². The van der Waals surface area contributed by atoms with Crippen LogP contribution in [-0.4, -0.2) is 11.1 Å². The maximum atomic E-state index is 11.5. The van der Waals surface area contributed by atoms with Crippen molar-refractivity contribution >= 4 is 5.97 Å². The van der Waals surface area contributed by atoms with Crippen LogP contribution in [-0.2, 0) is 4.79 Å². The molecule has 0 saturated heterocycles. The lowest BCUT2D eigenvalue weighted by Gasteiger charge is -2.38. The van der Waals surface area contributed by atoms with E-state index < -0.39 is 5.97 Å². The maximum absolute atomic E-state index is 11.5. The average molecular weight is 366 g/mol. The van der Waals surface area contributed by atoms with E-state index in [1.165, 1.54) is 44.1 Å². The molecule has 0 unspecified atom stereocenters. The van der Waals surface area contributed by atoms with Crippen LogP contribution < -0.4 is 0 Å². The van der Waals surface area contributed by atoms with Gasteiger partial charge in [0.1, 0.15) is 0 Å². The number of carboxylic acid groups (broad SMARTS) is 1. The van der Waals surface area contributed by atoms with Gasteiger partial charge in [-0.05, 0) is 99.2 Å². The zero-order valence-electron chi connectivity index (χ0n) is 16.4. The van der Waals surface area contributed by atoms with Crippen LogP contribution in [0.5, 0.6) is 0 Å². The molecule has 3 nitrogen and oxygen atoms in total. The zero-order valence-corrected chi connectivity index (χ0v) is 16.4. The third kappa shape index (κ3) is 4.80. The van der Waals surface area contributed by atoms with Gasteiger partial charge >= 0.3 is 5.97 Å². The number of nitrogens with zero attached hydrogens (tertiary/aromatic N) is 1. The Morgan fingerprint density at radius 3 is 2.07 bits per heavy atom. The first-order valence-electron chi connectivity index (χ1n) is 10.6. The summed E-state index contributed by atoms with van der Waals surface area (Å²) in [6.45, 7) is 2.01. The second kappa shape index (κ2) is 9.22. The van der Waals surface area contributed by atoms with Gasteiger partial charge in [0.25, 0.3) is 0 Å². The molecule has 2 saturated carbocycles. The standard InChI is InChI=1S/C24H31NO2/c1-2-3-23(24(26)27)22-14-12-21(13-15-22)20-10-8-19(9-11-20)18-6-4-17(16-25)5-7-18/h3-7,19-22H,2,8-15H2,1H3,(H,26,27)/t19-,20-,21-,22-. The van der Waals surface area contributed by atoms with Crippen LogP contribution in [0.4, 0.5) is 0 Å². The predicted octanol–water partition coefficient (Wildman–Crippen LogP) is 6.06. The van der Waals surface area contributed by atoms with E-state index in [9.17, 15) is 9.90 Å². The molecular weight excluding hydrogens is 334 g/mol. The highest BCUT2D eigenvalue weighted by Gasteiger charge is 2.33. The van der Waals surface area contributed by atoms with Crippen molar-refractivity contribution in [3.8, 4) is 6.07 Å². The summed E-state index contributed by atoms with van der Waals surface area (Å²) in [5, 5.41) is 18.4. The normalized spacial score (nSPS) is 29.1. The lowest BCUT2D eigenvalue weighted by atomic mass is 9.67. The van der Waals surface area contributed by atoms with E-state index in [-0.39, 0.29) is 5.92 Å². The smallest absolute Gasteiger partial charge is 0.331 e. The van der Waals surface area contributed by atoms with Crippen molar-refractivity contribution in [3.05, 3.63) is 47.0 Å². The van der Waals surface area contributed by atoms with E-state index >= 15 is 0 Å². The van der Waals surface area contributed by atoms with E-state index in [2.05, 4.69) is 18.2 Å². The number of hydrogen-bond acceptors (Lipinski definition) is 2. The van der Waals surface area contributed by atoms with E-state index in [0.29, 0.717) is 11.5 Å². The molecule has 0 radical (unpaired) electrons. The highest BCUT2D eigenvalue weighted by Crippen LogP contribution is 2.45. The van der Waals surface area contributed by atoms with E-state index in [4.69, 9.17) is 5.26 Å². The van der Waals surface area contributed by atoms with Crippen LogP contribution in [0.3, 0.4) is 0 Å². The van der Waals surface area contributed by atoms with E-state index in [0.717, 1.165) is 36.7 Å². The third-order valence-electron chi connectivity index (χ3n) is 6.83. The van der Waals surface area contributed by atoms with Crippen LogP contribution >= 0.6 is 0 Å². The van der Waals surface area contributed by atoms with Gasteiger partial charge in [0, 0.05) is 5.57 Å². The molecule has 3 rings (SSSR count). The molecule has 0 aliphatic heterocycles. The molecule has 0 amide bonds. The fraction of sp³-hybridized carbons (Fsp3) is 0.583. The molecule has 2 aliphatic rings. The Bertz CT molecular complexity index is 697. The van der Waals surface area contributed by atoms with Crippen LogP contribution in [0, 0.1) is 29.1 Å². The number of aliphatic carboxylic acids is 1. The van der Waals surface area contributed by atoms with Gasteiger partial charge in [-0.25, -0.2) is 4.79 Å². The molecule has 0 atom stereocenters. The Kier molecular flexibility index (Phi) is 6.72. The summed E-state index contributed by atoms with van der Waals surface area (Å²) in [5.41, 5.74) is 2.77. The van der Waals surface area contributed by atoms with Crippen molar-refractivity contribution in [2.24, 2.45) is 17.8 Å². The summed E-state index contributed by atoms with van der Waals surface area (Å²) in [7, 11) is 0. The first kappa shape index (κ1) is 19.7. The third-order valence-corrected chi connectivity index (χ3v) is 6.83. The van der Waals surface area contributed by atoms with Gasteiger partial charge in [0.2, 0.25) is 0 Å². The SMILES string of the molecule is CCC=C(C(=O)O)[C@H]1CC[C@H]([C@H]2CC[C@H](c3ccc(C#N)cc3)CC2)CC1. The number of carbonyl (C=O) groups is 1. The molecule has 0 heterocycles. The second-order valence-electron chi connectivity index (χ2n) is 8.33. The Balaban J connectivity index is 1.50. The summed E-state index contributed by atoms with van der Waals surface area (Å²) in [5.74, 6) is 1.76. The van der Waals surface area contributed by atoms with Crippen molar-refractivity contribution in [2.75, 3.05) is 0 Å². The highest BCUT2D eigenvalue weighted by atomic mass is 16.4. The molecule has 144 valence electrons. The van der Waals surface area contributed by atoms with Gasteiger partial charge in [-0.1, -0.05) is 25.1 Å². The number of benzene rings is 1. The molecule has 3 heteroatoms. The van der Waals surface area contributed by atoms with Crippen LogP contribution in [0.25, 0.3) is 0 Å². The molecular formula is C24H31NO2. The number of nitriles is 1. The van der Waals surface area contributed by atoms with E-state index in [1.54, 1.807) is 0 Å². The van der Waals surface area contributed by atoms with Crippen molar-refractivity contribution in [2.45, 2.75) is 70.6 Å². The topological polar surface area (TPSA) is 61.1 Å². The number of allylic oxidation sites excluding steroid dienone is 1. The number of carboxylic acids is 1. The number of rotatable bonds is 5. The molecule has 0 aromatic heterocycles.